The van der Waals surface area contributed by atoms with E-state index in [1.54, 1.807) is 0 Å². The fourth-order valence-corrected chi connectivity index (χ4v) is 3.49. The van der Waals surface area contributed by atoms with Crippen LogP contribution in [0, 0.1) is 5.41 Å². The van der Waals surface area contributed by atoms with Gasteiger partial charge in [0.15, 0.2) is 0 Å². The Balaban J connectivity index is 0.00000106. The fraction of sp³-hybridized carbons (Fsp3) is 0.944. The molecule has 3 heteroatoms. The summed E-state index contributed by atoms with van der Waals surface area (Å²) < 4.78 is 0. The Hall–Kier alpha value is -0.570. The van der Waals surface area contributed by atoms with Gasteiger partial charge >= 0.3 is 0 Å². The third-order valence-electron chi connectivity index (χ3n) is 4.95. The minimum absolute atomic E-state index is 0.340. The Morgan fingerprint density at radius 3 is 2.14 bits per heavy atom. The Morgan fingerprint density at radius 2 is 1.62 bits per heavy atom. The first-order valence-electron chi connectivity index (χ1n) is 9.19. The SMILES string of the molecule is CC.CCCCCCN1CCC2(CC1)CN(C(=O)CC)C2. The molecule has 2 fully saturated rings. The highest BCUT2D eigenvalue weighted by Crippen LogP contribution is 2.40. The minimum atomic E-state index is 0.340. The zero-order valence-electron chi connectivity index (χ0n) is 14.8. The Kier molecular flexibility index (Phi) is 8.31. The van der Waals surface area contributed by atoms with Crippen LogP contribution in [0.25, 0.3) is 0 Å². The van der Waals surface area contributed by atoms with Crippen LogP contribution in [0.3, 0.4) is 0 Å². The van der Waals surface area contributed by atoms with Crippen molar-refractivity contribution < 1.29 is 4.79 Å². The van der Waals surface area contributed by atoms with Gasteiger partial charge in [0.1, 0.15) is 0 Å². The molecule has 0 aliphatic carbocycles. The zero-order valence-corrected chi connectivity index (χ0v) is 14.8. The van der Waals surface area contributed by atoms with Crippen LogP contribution < -0.4 is 0 Å². The monoisotopic (exact) mass is 296 g/mol. The summed E-state index contributed by atoms with van der Waals surface area (Å²) in [4.78, 5) is 16.3. The molecule has 0 N–H and O–H groups in total. The van der Waals surface area contributed by atoms with Gasteiger partial charge in [-0.1, -0.05) is 47.0 Å². The molecule has 0 aromatic rings. The maximum atomic E-state index is 11.6. The van der Waals surface area contributed by atoms with Gasteiger partial charge in [-0.25, -0.2) is 0 Å². The van der Waals surface area contributed by atoms with Gasteiger partial charge < -0.3 is 9.80 Å². The molecule has 2 saturated heterocycles. The van der Waals surface area contributed by atoms with Gasteiger partial charge in [-0.3, -0.25) is 4.79 Å². The number of unbranched alkanes of at least 4 members (excludes halogenated alkanes) is 3. The first-order valence-corrected chi connectivity index (χ1v) is 9.19. The van der Waals surface area contributed by atoms with E-state index < -0.39 is 0 Å². The van der Waals surface area contributed by atoms with E-state index in [1.165, 1.54) is 58.2 Å². The predicted molar refractivity (Wildman–Crippen MR) is 90.5 cm³/mol. The van der Waals surface area contributed by atoms with Gasteiger partial charge in [-0.05, 0) is 38.9 Å². The minimum Gasteiger partial charge on any atom is -0.341 e. The average molecular weight is 296 g/mol. The third-order valence-corrected chi connectivity index (χ3v) is 4.95. The van der Waals surface area contributed by atoms with Gasteiger partial charge in [0.25, 0.3) is 0 Å². The van der Waals surface area contributed by atoms with Crippen LogP contribution in [-0.4, -0.2) is 48.4 Å². The van der Waals surface area contributed by atoms with Crippen LogP contribution in [-0.2, 0) is 4.79 Å². The summed E-state index contributed by atoms with van der Waals surface area (Å²) in [5, 5.41) is 0. The van der Waals surface area contributed by atoms with Gasteiger partial charge in [-0.2, -0.15) is 0 Å². The standard InChI is InChI=1S/C16H30N2O.C2H6/c1-3-5-6-7-10-17-11-8-16(9-12-17)13-18(14-16)15(19)4-2;1-2/h3-14H2,1-2H3;1-2H3. The van der Waals surface area contributed by atoms with Crippen molar-refractivity contribution in [1.82, 2.24) is 9.80 Å². The summed E-state index contributed by atoms with van der Waals surface area (Å²) in [6.45, 7) is 14.1. The maximum Gasteiger partial charge on any atom is 0.222 e. The highest BCUT2D eigenvalue weighted by Gasteiger charge is 2.45. The first kappa shape index (κ1) is 18.5. The van der Waals surface area contributed by atoms with Crippen molar-refractivity contribution in [1.29, 1.82) is 0 Å². The molecule has 3 nitrogen and oxygen atoms in total. The van der Waals surface area contributed by atoms with Gasteiger partial charge in [0.05, 0.1) is 0 Å². The maximum absolute atomic E-state index is 11.6. The molecular formula is C18H36N2O. The second-order valence-corrected chi connectivity index (χ2v) is 6.51. The first-order chi connectivity index (χ1) is 10.2. The van der Waals surface area contributed by atoms with Crippen LogP contribution in [0.1, 0.15) is 72.6 Å². The molecule has 2 heterocycles. The molecule has 21 heavy (non-hydrogen) atoms. The van der Waals surface area contributed by atoms with E-state index in [0.717, 1.165) is 13.1 Å². The smallest absolute Gasteiger partial charge is 0.222 e. The van der Waals surface area contributed by atoms with Gasteiger partial charge in [0.2, 0.25) is 5.91 Å². The molecule has 0 unspecified atom stereocenters. The number of hydrogen-bond acceptors (Lipinski definition) is 2. The molecule has 2 aliphatic heterocycles. The number of nitrogens with zero attached hydrogens (tertiary/aromatic N) is 2. The molecule has 1 amide bonds. The number of carbonyl (C=O) groups is 1. The molecule has 2 rings (SSSR count). The number of amides is 1. The summed E-state index contributed by atoms with van der Waals surface area (Å²) in [5.74, 6) is 0.340. The molecule has 0 saturated carbocycles. The van der Waals surface area contributed by atoms with E-state index in [1.807, 2.05) is 20.8 Å². The Labute approximate surface area is 132 Å². The Morgan fingerprint density at radius 1 is 1.00 bits per heavy atom. The molecule has 2 aliphatic rings. The van der Waals surface area contributed by atoms with Crippen molar-refractivity contribution in [3.8, 4) is 0 Å². The van der Waals surface area contributed by atoms with Gasteiger partial charge in [-0.15, -0.1) is 0 Å². The Bertz CT molecular complexity index is 288. The second kappa shape index (κ2) is 9.45. The average Bonchev–Trinajstić information content (AvgIpc) is 2.51. The normalized spacial score (nSPS) is 20.7. The van der Waals surface area contributed by atoms with Gasteiger partial charge in [0, 0.05) is 24.9 Å². The summed E-state index contributed by atoms with van der Waals surface area (Å²) in [7, 11) is 0. The number of likely N-dealkylation sites (tertiary alicyclic amines) is 2. The van der Waals surface area contributed by atoms with Crippen molar-refractivity contribution in [2.24, 2.45) is 5.41 Å². The van der Waals surface area contributed by atoms with Crippen molar-refractivity contribution in [3.05, 3.63) is 0 Å². The zero-order chi connectivity index (χ0) is 15.7. The molecule has 0 aromatic heterocycles. The van der Waals surface area contributed by atoms with E-state index in [9.17, 15) is 4.79 Å². The summed E-state index contributed by atoms with van der Waals surface area (Å²) in [6.07, 6.45) is 8.72. The van der Waals surface area contributed by atoms with E-state index in [0.29, 0.717) is 17.7 Å². The highest BCUT2D eigenvalue weighted by atomic mass is 16.2. The lowest BCUT2D eigenvalue weighted by molar-refractivity contribution is -0.146. The van der Waals surface area contributed by atoms with E-state index in [-0.39, 0.29) is 0 Å². The molecule has 124 valence electrons. The molecule has 0 aromatic carbocycles. The summed E-state index contributed by atoms with van der Waals surface area (Å²) in [6, 6.07) is 0. The van der Waals surface area contributed by atoms with Crippen LogP contribution in [0.4, 0.5) is 0 Å². The van der Waals surface area contributed by atoms with Crippen molar-refractivity contribution in [3.63, 3.8) is 0 Å². The van der Waals surface area contributed by atoms with Crippen LogP contribution in [0.5, 0.6) is 0 Å². The molecule has 1 spiro atoms. The largest absolute Gasteiger partial charge is 0.341 e. The molecular weight excluding hydrogens is 260 g/mol. The number of piperidine rings is 1. The summed E-state index contributed by atoms with van der Waals surface area (Å²) in [5.41, 5.74) is 0.491. The van der Waals surface area contributed by atoms with Crippen molar-refractivity contribution in [2.45, 2.75) is 72.6 Å². The molecule has 0 radical (unpaired) electrons. The van der Waals surface area contributed by atoms with E-state index >= 15 is 0 Å². The number of carbonyl (C=O) groups excluding carboxylic acids is 1. The van der Waals surface area contributed by atoms with Crippen molar-refractivity contribution in [2.75, 3.05) is 32.7 Å². The number of hydrogen-bond donors (Lipinski definition) is 0. The lowest BCUT2D eigenvalue weighted by Gasteiger charge is -2.54. The summed E-state index contributed by atoms with van der Waals surface area (Å²) >= 11 is 0. The van der Waals surface area contributed by atoms with Crippen LogP contribution in [0.2, 0.25) is 0 Å². The quantitative estimate of drug-likeness (QED) is 0.693. The fourth-order valence-electron chi connectivity index (χ4n) is 3.49. The lowest BCUT2D eigenvalue weighted by atomic mass is 9.72. The second-order valence-electron chi connectivity index (χ2n) is 6.51. The van der Waals surface area contributed by atoms with Crippen molar-refractivity contribution >= 4 is 5.91 Å². The van der Waals surface area contributed by atoms with E-state index in [4.69, 9.17) is 0 Å². The lowest BCUT2D eigenvalue weighted by Crippen LogP contribution is -2.61. The van der Waals surface area contributed by atoms with Crippen LogP contribution in [0.15, 0.2) is 0 Å². The van der Waals surface area contributed by atoms with E-state index in [2.05, 4.69) is 16.7 Å². The highest BCUT2D eigenvalue weighted by molar-refractivity contribution is 5.76. The predicted octanol–water partition coefficient (Wildman–Crippen LogP) is 3.93. The number of rotatable bonds is 6. The van der Waals surface area contributed by atoms with Crippen LogP contribution >= 0.6 is 0 Å². The molecule has 0 bridgehead atoms. The third kappa shape index (κ3) is 5.28. The topological polar surface area (TPSA) is 23.6 Å². The molecule has 0 atom stereocenters.